The maximum Gasteiger partial charge on any atom is 0.251 e. The van der Waals surface area contributed by atoms with Crippen molar-refractivity contribution in [3.63, 3.8) is 0 Å². The number of piperazine rings is 1. The fraction of sp³-hybridized carbons (Fsp3) is 0.350. The Morgan fingerprint density at radius 3 is 2.67 bits per heavy atom. The van der Waals surface area contributed by atoms with E-state index in [1.807, 2.05) is 23.1 Å². The van der Waals surface area contributed by atoms with Gasteiger partial charge in [0.25, 0.3) is 5.56 Å². The van der Waals surface area contributed by atoms with Crippen molar-refractivity contribution in [3.8, 4) is 0 Å². The Kier molecular flexibility index (Phi) is 6.84. The lowest BCUT2D eigenvalue weighted by atomic mass is 10.2. The number of carbonyl (C=O) groups excluding carboxylic acids is 1. The molecule has 0 saturated carbocycles. The first-order valence-corrected chi connectivity index (χ1v) is 10.0. The van der Waals surface area contributed by atoms with E-state index in [0.29, 0.717) is 16.6 Å². The molecule has 0 atom stereocenters. The zero-order valence-electron chi connectivity index (χ0n) is 15.4. The predicted octanol–water partition coefficient (Wildman–Crippen LogP) is 2.03. The standard InChI is InChI=1S/C20H24N4O2S/c1-16-14-18(25)22-20(21-16)27-15-19(26)24-12-10-23(11-13-24)9-5-8-17-6-3-2-4-7-17/h2-8,14H,9-13,15H2,1H3,(H,21,22,25). The average Bonchev–Trinajstić information content (AvgIpc) is 2.67. The summed E-state index contributed by atoms with van der Waals surface area (Å²) in [6.45, 7) is 5.86. The number of benzene rings is 1. The van der Waals surface area contributed by atoms with E-state index in [9.17, 15) is 9.59 Å². The van der Waals surface area contributed by atoms with Gasteiger partial charge in [0, 0.05) is 44.5 Å². The number of aromatic nitrogens is 2. The van der Waals surface area contributed by atoms with Crippen LogP contribution in [0.25, 0.3) is 6.08 Å². The van der Waals surface area contributed by atoms with E-state index in [4.69, 9.17) is 0 Å². The van der Waals surface area contributed by atoms with Gasteiger partial charge in [-0.3, -0.25) is 14.5 Å². The Hall–Kier alpha value is -2.38. The van der Waals surface area contributed by atoms with Gasteiger partial charge in [0.2, 0.25) is 5.91 Å². The highest BCUT2D eigenvalue weighted by Gasteiger charge is 2.20. The first-order chi connectivity index (χ1) is 13.1. The number of amides is 1. The highest BCUT2D eigenvalue weighted by molar-refractivity contribution is 7.99. The SMILES string of the molecule is Cc1cc(=O)[nH]c(SCC(=O)N2CCN(CC=Cc3ccccc3)CC2)n1. The number of thioether (sulfide) groups is 1. The zero-order valence-corrected chi connectivity index (χ0v) is 16.2. The Bertz CT molecular complexity index is 843. The number of H-pyrrole nitrogens is 1. The molecule has 2 heterocycles. The van der Waals surface area contributed by atoms with E-state index in [1.54, 1.807) is 6.92 Å². The number of nitrogens with zero attached hydrogens (tertiary/aromatic N) is 3. The maximum atomic E-state index is 12.4. The predicted molar refractivity (Wildman–Crippen MR) is 109 cm³/mol. The van der Waals surface area contributed by atoms with Crippen molar-refractivity contribution in [3.05, 3.63) is 64.1 Å². The molecule has 1 aliphatic rings. The molecule has 3 rings (SSSR count). The number of carbonyl (C=O) groups is 1. The van der Waals surface area contributed by atoms with Crippen LogP contribution in [0.5, 0.6) is 0 Å². The Balaban J connectivity index is 1.41. The molecule has 1 aliphatic heterocycles. The van der Waals surface area contributed by atoms with Gasteiger partial charge in [0.15, 0.2) is 5.16 Å². The molecule has 7 heteroatoms. The van der Waals surface area contributed by atoms with E-state index in [1.165, 1.54) is 23.4 Å². The van der Waals surface area contributed by atoms with Gasteiger partial charge < -0.3 is 9.88 Å². The molecule has 0 unspecified atom stereocenters. The van der Waals surface area contributed by atoms with Crippen molar-refractivity contribution in [2.75, 3.05) is 38.5 Å². The molecule has 1 amide bonds. The molecule has 1 aromatic carbocycles. The second-order valence-electron chi connectivity index (χ2n) is 6.48. The molecule has 1 aromatic heterocycles. The van der Waals surface area contributed by atoms with Crippen molar-refractivity contribution >= 4 is 23.7 Å². The van der Waals surface area contributed by atoms with Gasteiger partial charge in [0.1, 0.15) is 0 Å². The topological polar surface area (TPSA) is 69.3 Å². The summed E-state index contributed by atoms with van der Waals surface area (Å²) in [7, 11) is 0. The largest absolute Gasteiger partial charge is 0.339 e. The number of nitrogens with one attached hydrogen (secondary N) is 1. The monoisotopic (exact) mass is 384 g/mol. The molecule has 2 aromatic rings. The lowest BCUT2D eigenvalue weighted by Crippen LogP contribution is -2.49. The van der Waals surface area contributed by atoms with E-state index in [0.717, 1.165) is 32.7 Å². The molecule has 1 N–H and O–H groups in total. The van der Waals surface area contributed by atoms with E-state index < -0.39 is 0 Å². The highest BCUT2D eigenvalue weighted by Crippen LogP contribution is 2.13. The lowest BCUT2D eigenvalue weighted by Gasteiger charge is -2.34. The fourth-order valence-corrected chi connectivity index (χ4v) is 3.75. The number of aromatic amines is 1. The minimum atomic E-state index is -0.186. The molecule has 0 radical (unpaired) electrons. The smallest absolute Gasteiger partial charge is 0.251 e. The van der Waals surface area contributed by atoms with Crippen LogP contribution >= 0.6 is 11.8 Å². The minimum absolute atomic E-state index is 0.0867. The molecule has 0 bridgehead atoms. The van der Waals surface area contributed by atoms with E-state index in [2.05, 4.69) is 39.2 Å². The Labute approximate surface area is 163 Å². The quantitative estimate of drug-likeness (QED) is 0.610. The second kappa shape index (κ2) is 9.53. The van der Waals surface area contributed by atoms with Crippen LogP contribution < -0.4 is 5.56 Å². The normalized spacial score (nSPS) is 15.4. The zero-order chi connectivity index (χ0) is 19.1. The number of rotatable bonds is 6. The van der Waals surface area contributed by atoms with Gasteiger partial charge in [-0.2, -0.15) is 0 Å². The van der Waals surface area contributed by atoms with Gasteiger partial charge >= 0.3 is 0 Å². The summed E-state index contributed by atoms with van der Waals surface area (Å²) in [6.07, 6.45) is 4.30. The van der Waals surface area contributed by atoms with Crippen LogP contribution in [-0.4, -0.2) is 64.2 Å². The van der Waals surface area contributed by atoms with Crippen LogP contribution in [0.4, 0.5) is 0 Å². The second-order valence-corrected chi connectivity index (χ2v) is 7.44. The van der Waals surface area contributed by atoms with Crippen LogP contribution in [0.3, 0.4) is 0 Å². The molecule has 1 fully saturated rings. The molecular weight excluding hydrogens is 360 g/mol. The van der Waals surface area contributed by atoms with Gasteiger partial charge in [-0.05, 0) is 12.5 Å². The van der Waals surface area contributed by atoms with Gasteiger partial charge in [0.05, 0.1) is 5.75 Å². The first-order valence-electron chi connectivity index (χ1n) is 9.02. The molecule has 27 heavy (non-hydrogen) atoms. The van der Waals surface area contributed by atoms with Gasteiger partial charge in [-0.25, -0.2) is 4.98 Å². The Morgan fingerprint density at radius 2 is 1.96 bits per heavy atom. The fourth-order valence-electron chi connectivity index (χ4n) is 2.92. The summed E-state index contributed by atoms with van der Waals surface area (Å²) >= 11 is 1.28. The maximum absolute atomic E-state index is 12.4. The van der Waals surface area contributed by atoms with Crippen molar-refractivity contribution in [1.29, 1.82) is 0 Å². The third-order valence-electron chi connectivity index (χ3n) is 4.38. The summed E-state index contributed by atoms with van der Waals surface area (Å²) in [6, 6.07) is 11.7. The molecule has 0 aliphatic carbocycles. The summed E-state index contributed by atoms with van der Waals surface area (Å²) in [5.74, 6) is 0.379. The molecule has 1 saturated heterocycles. The lowest BCUT2D eigenvalue weighted by molar-refractivity contribution is -0.130. The molecule has 6 nitrogen and oxygen atoms in total. The number of hydrogen-bond acceptors (Lipinski definition) is 5. The highest BCUT2D eigenvalue weighted by atomic mass is 32.2. The van der Waals surface area contributed by atoms with Crippen LogP contribution in [0.15, 0.2) is 52.4 Å². The van der Waals surface area contributed by atoms with Crippen molar-refractivity contribution in [1.82, 2.24) is 19.8 Å². The van der Waals surface area contributed by atoms with E-state index >= 15 is 0 Å². The van der Waals surface area contributed by atoms with Gasteiger partial charge in [-0.15, -0.1) is 0 Å². The van der Waals surface area contributed by atoms with Gasteiger partial charge in [-0.1, -0.05) is 54.2 Å². The van der Waals surface area contributed by atoms with Crippen molar-refractivity contribution in [2.24, 2.45) is 0 Å². The van der Waals surface area contributed by atoms with Crippen LogP contribution in [0, 0.1) is 6.92 Å². The third-order valence-corrected chi connectivity index (χ3v) is 5.24. The summed E-state index contributed by atoms with van der Waals surface area (Å²) in [5.41, 5.74) is 1.67. The Morgan fingerprint density at radius 1 is 1.22 bits per heavy atom. The van der Waals surface area contributed by atoms with Crippen LogP contribution in [0.1, 0.15) is 11.3 Å². The minimum Gasteiger partial charge on any atom is -0.339 e. The number of hydrogen-bond donors (Lipinski definition) is 1. The van der Waals surface area contributed by atoms with Crippen molar-refractivity contribution in [2.45, 2.75) is 12.1 Å². The molecule has 0 spiro atoms. The molecule has 142 valence electrons. The third kappa shape index (κ3) is 6.08. The van der Waals surface area contributed by atoms with Crippen LogP contribution in [-0.2, 0) is 4.79 Å². The summed E-state index contributed by atoms with van der Waals surface area (Å²) in [4.78, 5) is 35.0. The number of aryl methyl sites for hydroxylation is 1. The summed E-state index contributed by atoms with van der Waals surface area (Å²) in [5, 5.41) is 0.498. The van der Waals surface area contributed by atoms with Crippen molar-refractivity contribution < 1.29 is 4.79 Å². The first kappa shape index (κ1) is 19.4. The van der Waals surface area contributed by atoms with Crippen LogP contribution in [0.2, 0.25) is 0 Å². The molecular formula is C20H24N4O2S. The average molecular weight is 385 g/mol. The van der Waals surface area contributed by atoms with E-state index in [-0.39, 0.29) is 11.5 Å². The summed E-state index contributed by atoms with van der Waals surface area (Å²) < 4.78 is 0.